The first-order valence-electron chi connectivity index (χ1n) is 13.5. The molecule has 222 valence electrons. The van der Waals surface area contributed by atoms with Crippen LogP contribution in [-0.2, 0) is 29.4 Å². The first-order valence-corrected chi connectivity index (χ1v) is 13.5. The predicted octanol–water partition coefficient (Wildman–Crippen LogP) is 2.91. The van der Waals surface area contributed by atoms with E-state index < -0.39 is 12.1 Å². The number of hydrogen-bond acceptors (Lipinski definition) is 8. The predicted molar refractivity (Wildman–Crippen MR) is 142 cm³/mol. The molecule has 0 bridgehead atoms. The summed E-state index contributed by atoms with van der Waals surface area (Å²) in [6.07, 6.45) is 3.15. The Morgan fingerprint density at radius 2 is 1.90 bits per heavy atom. The molecule has 1 aliphatic carbocycles. The fourth-order valence-electron chi connectivity index (χ4n) is 4.76. The first-order chi connectivity index (χ1) is 19.0. The molecule has 1 aliphatic heterocycles. The van der Waals surface area contributed by atoms with E-state index in [1.54, 1.807) is 11.8 Å². The molecule has 3 heterocycles. The Morgan fingerprint density at radius 1 is 1.20 bits per heavy atom. The van der Waals surface area contributed by atoms with Crippen molar-refractivity contribution in [3.05, 3.63) is 23.0 Å². The third-order valence-corrected chi connectivity index (χ3v) is 6.97. The third-order valence-electron chi connectivity index (χ3n) is 6.97. The van der Waals surface area contributed by atoms with Crippen LogP contribution in [0.1, 0.15) is 54.2 Å². The van der Waals surface area contributed by atoms with Crippen molar-refractivity contribution in [3.8, 4) is 11.4 Å². The van der Waals surface area contributed by atoms with Crippen molar-refractivity contribution < 1.29 is 32.6 Å². The van der Waals surface area contributed by atoms with E-state index in [0.29, 0.717) is 24.8 Å². The molecule has 2 aromatic heterocycles. The SMILES string of the molecule is COCCNC(=O)c1nn(C)c2c1CCCc1cnc(NCCCN3CCC(C)CC3)nc1-2.O=C(O)C(F)(F)F. The van der Waals surface area contributed by atoms with Gasteiger partial charge in [-0.25, -0.2) is 14.8 Å². The molecule has 1 amide bonds. The van der Waals surface area contributed by atoms with Crippen molar-refractivity contribution in [2.24, 2.45) is 13.0 Å². The monoisotopic (exact) mass is 569 g/mol. The summed E-state index contributed by atoms with van der Waals surface area (Å²) in [7, 11) is 3.50. The molecule has 0 atom stereocenters. The number of methoxy groups -OCH3 is 1. The van der Waals surface area contributed by atoms with E-state index in [4.69, 9.17) is 19.6 Å². The highest BCUT2D eigenvalue weighted by atomic mass is 19.4. The van der Waals surface area contributed by atoms with Gasteiger partial charge in [0.1, 0.15) is 0 Å². The quantitative estimate of drug-likeness (QED) is 0.390. The number of ether oxygens (including phenoxy) is 1. The van der Waals surface area contributed by atoms with Crippen molar-refractivity contribution in [3.63, 3.8) is 0 Å². The van der Waals surface area contributed by atoms with Crippen LogP contribution in [0.25, 0.3) is 11.4 Å². The summed E-state index contributed by atoms with van der Waals surface area (Å²) in [6, 6.07) is 0. The van der Waals surface area contributed by atoms with E-state index >= 15 is 0 Å². The van der Waals surface area contributed by atoms with Gasteiger partial charge in [-0.3, -0.25) is 9.48 Å². The number of aryl methyl sites for hydroxylation is 2. The Balaban J connectivity index is 0.000000559. The maximum absolute atomic E-state index is 12.7. The second kappa shape index (κ2) is 14.4. The zero-order valence-electron chi connectivity index (χ0n) is 23.2. The Labute approximate surface area is 231 Å². The number of piperidine rings is 1. The minimum Gasteiger partial charge on any atom is -0.475 e. The zero-order valence-corrected chi connectivity index (χ0v) is 23.2. The van der Waals surface area contributed by atoms with Crippen molar-refractivity contribution in [2.45, 2.75) is 51.6 Å². The van der Waals surface area contributed by atoms with Gasteiger partial charge in [-0.15, -0.1) is 0 Å². The van der Waals surface area contributed by atoms with Crippen LogP contribution >= 0.6 is 0 Å². The van der Waals surface area contributed by atoms with E-state index in [1.807, 2.05) is 13.2 Å². The fourth-order valence-corrected chi connectivity index (χ4v) is 4.76. The van der Waals surface area contributed by atoms with Gasteiger partial charge < -0.3 is 25.4 Å². The smallest absolute Gasteiger partial charge is 0.475 e. The summed E-state index contributed by atoms with van der Waals surface area (Å²) in [5.41, 5.74) is 4.37. The number of carbonyl (C=O) groups excluding carboxylic acids is 1. The number of anilines is 1. The molecule has 1 saturated heterocycles. The summed E-state index contributed by atoms with van der Waals surface area (Å²) in [6.45, 7) is 7.66. The number of carbonyl (C=O) groups is 2. The van der Waals surface area contributed by atoms with Gasteiger partial charge in [0.25, 0.3) is 5.91 Å². The van der Waals surface area contributed by atoms with Crippen LogP contribution in [0.4, 0.5) is 19.1 Å². The molecule has 0 unspecified atom stereocenters. The molecule has 1 fully saturated rings. The number of halogens is 3. The number of fused-ring (bicyclic) bond motifs is 3. The molecule has 0 aromatic carbocycles. The average molecular weight is 570 g/mol. The van der Waals surface area contributed by atoms with Crippen LogP contribution < -0.4 is 10.6 Å². The summed E-state index contributed by atoms with van der Waals surface area (Å²) in [5, 5.41) is 18.0. The van der Waals surface area contributed by atoms with Crippen LogP contribution in [0, 0.1) is 5.92 Å². The number of carboxylic acid groups (broad SMARTS) is 1. The highest BCUT2D eigenvalue weighted by Crippen LogP contribution is 2.33. The molecule has 14 heteroatoms. The van der Waals surface area contributed by atoms with Crippen LogP contribution in [0.5, 0.6) is 0 Å². The second-order valence-electron chi connectivity index (χ2n) is 10.1. The Morgan fingerprint density at radius 3 is 2.55 bits per heavy atom. The van der Waals surface area contributed by atoms with Crippen molar-refractivity contribution in [1.82, 2.24) is 30.0 Å². The minimum absolute atomic E-state index is 0.160. The maximum atomic E-state index is 12.7. The lowest BCUT2D eigenvalue weighted by Crippen LogP contribution is -2.34. The summed E-state index contributed by atoms with van der Waals surface area (Å²) in [4.78, 5) is 33.6. The largest absolute Gasteiger partial charge is 0.490 e. The number of amides is 1. The average Bonchev–Trinajstić information content (AvgIpc) is 3.11. The van der Waals surface area contributed by atoms with Crippen LogP contribution in [0.3, 0.4) is 0 Å². The molecule has 40 heavy (non-hydrogen) atoms. The molecular formula is C26H38F3N7O4. The zero-order chi connectivity index (χ0) is 29.3. The molecule has 3 N–H and O–H groups in total. The molecule has 2 aliphatic rings. The number of hydrogen-bond donors (Lipinski definition) is 3. The van der Waals surface area contributed by atoms with Gasteiger partial charge >= 0.3 is 12.1 Å². The van der Waals surface area contributed by atoms with Gasteiger partial charge in [-0.05, 0) is 69.6 Å². The summed E-state index contributed by atoms with van der Waals surface area (Å²) in [5.74, 6) is -1.42. The number of nitrogens with zero attached hydrogens (tertiary/aromatic N) is 5. The second-order valence-corrected chi connectivity index (χ2v) is 10.1. The molecule has 11 nitrogen and oxygen atoms in total. The van der Waals surface area contributed by atoms with E-state index in [0.717, 1.165) is 67.2 Å². The van der Waals surface area contributed by atoms with E-state index in [-0.39, 0.29) is 5.91 Å². The number of aromatic nitrogens is 4. The van der Waals surface area contributed by atoms with Gasteiger partial charge in [-0.1, -0.05) is 6.92 Å². The Kier molecular flexibility index (Phi) is 11.3. The van der Waals surface area contributed by atoms with Gasteiger partial charge in [0.15, 0.2) is 5.69 Å². The van der Waals surface area contributed by atoms with Gasteiger partial charge in [0, 0.05) is 39.0 Å². The van der Waals surface area contributed by atoms with Gasteiger partial charge in [-0.2, -0.15) is 18.3 Å². The Hall–Kier alpha value is -3.26. The van der Waals surface area contributed by atoms with Gasteiger partial charge in [0.2, 0.25) is 5.95 Å². The number of aliphatic carboxylic acids is 1. The normalized spacial score (nSPS) is 15.8. The lowest BCUT2D eigenvalue weighted by Gasteiger charge is -2.30. The van der Waals surface area contributed by atoms with Crippen molar-refractivity contribution in [1.29, 1.82) is 0 Å². The van der Waals surface area contributed by atoms with Crippen LogP contribution in [0.2, 0.25) is 0 Å². The fraction of sp³-hybridized carbons (Fsp3) is 0.654. The number of alkyl halides is 3. The highest BCUT2D eigenvalue weighted by Gasteiger charge is 2.38. The highest BCUT2D eigenvalue weighted by molar-refractivity contribution is 5.95. The number of likely N-dealkylation sites (tertiary alicyclic amines) is 1. The molecule has 2 aromatic rings. The van der Waals surface area contributed by atoms with Crippen LogP contribution in [-0.4, -0.2) is 94.2 Å². The molecule has 0 saturated carbocycles. The maximum Gasteiger partial charge on any atom is 0.490 e. The molecule has 0 spiro atoms. The van der Waals surface area contributed by atoms with Crippen molar-refractivity contribution >= 4 is 17.8 Å². The molecule has 4 rings (SSSR count). The topological polar surface area (TPSA) is 134 Å². The van der Waals surface area contributed by atoms with Gasteiger partial charge in [0.05, 0.1) is 18.0 Å². The lowest BCUT2D eigenvalue weighted by molar-refractivity contribution is -0.192. The van der Waals surface area contributed by atoms with E-state index in [2.05, 4.69) is 32.5 Å². The standard InChI is InChI=1S/C24H37N7O2.C2HF3O2/c1-17-8-13-31(14-9-17)12-5-10-26-24-27-16-18-6-4-7-19-21(23(32)25-11-15-33-3)29-30(2)22(19)20(18)28-24;3-2(4,5)1(6)7/h16-17H,4-15H2,1-3H3,(H,25,32)(H,26,27,28);(H,6,7). The number of carboxylic acids is 1. The van der Waals surface area contributed by atoms with Crippen LogP contribution in [0.15, 0.2) is 6.20 Å². The van der Waals surface area contributed by atoms with E-state index in [9.17, 15) is 18.0 Å². The Bertz CT molecular complexity index is 1150. The lowest BCUT2D eigenvalue weighted by atomic mass is 9.99. The third kappa shape index (κ3) is 8.62. The number of rotatable bonds is 9. The minimum atomic E-state index is -5.08. The van der Waals surface area contributed by atoms with E-state index in [1.165, 1.54) is 25.9 Å². The number of nitrogens with one attached hydrogen (secondary N) is 2. The molecular weight excluding hydrogens is 531 g/mol. The first kappa shape index (κ1) is 31.3. The summed E-state index contributed by atoms with van der Waals surface area (Å²) < 4.78 is 38.6. The molecule has 0 radical (unpaired) electrons. The summed E-state index contributed by atoms with van der Waals surface area (Å²) >= 11 is 0. The van der Waals surface area contributed by atoms with Crippen molar-refractivity contribution in [2.75, 3.05) is 51.8 Å².